The highest BCUT2D eigenvalue weighted by Crippen LogP contribution is 2.60. The third kappa shape index (κ3) is 2.62. The summed E-state index contributed by atoms with van der Waals surface area (Å²) in [4.78, 5) is 10.8. The highest BCUT2D eigenvalue weighted by Gasteiger charge is 2.51. The highest BCUT2D eigenvalue weighted by atomic mass is 16.5. The molecule has 0 aromatic heterocycles. The molecule has 0 aromatic carbocycles. The molecule has 0 spiro atoms. The minimum atomic E-state index is -0.192. The van der Waals surface area contributed by atoms with E-state index < -0.39 is 0 Å². The van der Waals surface area contributed by atoms with Crippen LogP contribution in [0.3, 0.4) is 0 Å². The average Bonchev–Trinajstić information content (AvgIpc) is 2.83. The van der Waals surface area contributed by atoms with Crippen molar-refractivity contribution < 1.29 is 9.53 Å². The van der Waals surface area contributed by atoms with Gasteiger partial charge in [0.15, 0.2) is 0 Å². The van der Waals surface area contributed by atoms with Gasteiger partial charge in [-0.1, -0.05) is 19.9 Å². The maximum Gasteiger partial charge on any atom is 0.302 e. The van der Waals surface area contributed by atoms with Crippen molar-refractivity contribution in [3.05, 3.63) is 11.6 Å². The number of ether oxygens (including phenoxy) is 1. The molecule has 2 aliphatic carbocycles. The van der Waals surface area contributed by atoms with Crippen LogP contribution in [0.4, 0.5) is 0 Å². The lowest BCUT2D eigenvalue weighted by atomic mass is 9.67. The summed E-state index contributed by atoms with van der Waals surface area (Å²) in [6.45, 7) is 8.86. The molecule has 18 heavy (non-hydrogen) atoms. The van der Waals surface area contributed by atoms with Gasteiger partial charge in [0.1, 0.15) is 6.61 Å². The maximum absolute atomic E-state index is 10.8. The number of hydrogen-bond acceptors (Lipinski definition) is 2. The summed E-state index contributed by atoms with van der Waals surface area (Å²) in [5.41, 5.74) is 1.69. The first-order chi connectivity index (χ1) is 8.41. The highest BCUT2D eigenvalue weighted by molar-refractivity contribution is 5.66. The van der Waals surface area contributed by atoms with E-state index in [9.17, 15) is 4.79 Å². The number of hydrogen-bond donors (Lipinski definition) is 0. The minimum absolute atomic E-state index is 0.192. The zero-order valence-corrected chi connectivity index (χ0v) is 12.2. The Hall–Kier alpha value is -0.790. The van der Waals surface area contributed by atoms with Crippen LogP contribution in [-0.2, 0) is 9.53 Å². The van der Waals surface area contributed by atoms with Gasteiger partial charge in [-0.2, -0.15) is 0 Å². The molecule has 3 unspecified atom stereocenters. The van der Waals surface area contributed by atoms with Crippen molar-refractivity contribution in [1.82, 2.24) is 0 Å². The molecular formula is C16H26O2. The summed E-state index contributed by atoms with van der Waals surface area (Å²) in [7, 11) is 0. The molecule has 0 radical (unpaired) electrons. The molecule has 0 aromatic rings. The van der Waals surface area contributed by atoms with Crippen LogP contribution in [0.5, 0.6) is 0 Å². The lowest BCUT2D eigenvalue weighted by Crippen LogP contribution is -2.30. The fraction of sp³-hybridized carbons (Fsp3) is 0.812. The second kappa shape index (κ2) is 5.07. The van der Waals surface area contributed by atoms with Gasteiger partial charge in [0.05, 0.1) is 0 Å². The van der Waals surface area contributed by atoms with Gasteiger partial charge in [-0.15, -0.1) is 0 Å². The maximum atomic E-state index is 10.8. The van der Waals surface area contributed by atoms with Crippen LogP contribution in [-0.4, -0.2) is 12.6 Å². The Labute approximate surface area is 111 Å². The summed E-state index contributed by atoms with van der Waals surface area (Å²) in [6.07, 6.45) is 7.74. The Morgan fingerprint density at radius 1 is 1.33 bits per heavy atom. The van der Waals surface area contributed by atoms with E-state index in [1.807, 2.05) is 0 Å². The summed E-state index contributed by atoms with van der Waals surface area (Å²) in [5, 5.41) is 0. The Balaban J connectivity index is 1.90. The van der Waals surface area contributed by atoms with Gasteiger partial charge in [-0.3, -0.25) is 4.79 Å². The lowest BCUT2D eigenvalue weighted by Gasteiger charge is -2.38. The molecule has 2 fully saturated rings. The van der Waals surface area contributed by atoms with Gasteiger partial charge in [-0.05, 0) is 61.3 Å². The quantitative estimate of drug-likeness (QED) is 0.557. The number of carbonyl (C=O) groups is 1. The molecule has 3 atom stereocenters. The Morgan fingerprint density at radius 2 is 2.06 bits per heavy atom. The smallest absolute Gasteiger partial charge is 0.302 e. The van der Waals surface area contributed by atoms with E-state index in [-0.39, 0.29) is 5.97 Å². The van der Waals surface area contributed by atoms with Crippen LogP contribution in [0, 0.1) is 23.2 Å². The van der Waals surface area contributed by atoms with Crippen molar-refractivity contribution in [2.75, 3.05) is 6.61 Å². The van der Waals surface area contributed by atoms with Crippen LogP contribution in [0.2, 0.25) is 0 Å². The van der Waals surface area contributed by atoms with E-state index in [1.165, 1.54) is 31.8 Å². The summed E-state index contributed by atoms with van der Waals surface area (Å²) < 4.78 is 5.03. The number of allylic oxidation sites excluding steroid dienone is 1. The first-order valence-corrected chi connectivity index (χ1v) is 7.20. The zero-order valence-electron chi connectivity index (χ0n) is 12.2. The van der Waals surface area contributed by atoms with Gasteiger partial charge in [0.25, 0.3) is 0 Å². The molecule has 0 saturated heterocycles. The predicted octanol–water partition coefficient (Wildman–Crippen LogP) is 3.96. The van der Waals surface area contributed by atoms with Crippen molar-refractivity contribution in [2.24, 2.45) is 23.2 Å². The van der Waals surface area contributed by atoms with Gasteiger partial charge < -0.3 is 4.74 Å². The van der Waals surface area contributed by atoms with Gasteiger partial charge in [0, 0.05) is 6.92 Å². The van der Waals surface area contributed by atoms with E-state index in [1.54, 1.807) is 0 Å². The van der Waals surface area contributed by atoms with Crippen molar-refractivity contribution in [3.8, 4) is 0 Å². The molecule has 2 aliphatic rings. The number of esters is 1. The van der Waals surface area contributed by atoms with E-state index in [0.717, 1.165) is 24.2 Å². The van der Waals surface area contributed by atoms with Gasteiger partial charge in [0.2, 0.25) is 0 Å². The molecule has 0 N–H and O–H groups in total. The van der Waals surface area contributed by atoms with Crippen molar-refractivity contribution in [1.29, 1.82) is 0 Å². The summed E-state index contributed by atoms with van der Waals surface area (Å²) in [6, 6.07) is 0. The number of fused-ring (bicyclic) bond motifs is 2. The van der Waals surface area contributed by atoms with Crippen molar-refractivity contribution in [3.63, 3.8) is 0 Å². The molecule has 0 amide bonds. The van der Waals surface area contributed by atoms with Crippen LogP contribution >= 0.6 is 0 Å². The first kappa shape index (κ1) is 13.6. The third-order valence-electron chi connectivity index (χ3n) is 5.27. The summed E-state index contributed by atoms with van der Waals surface area (Å²) in [5.74, 6) is 2.50. The topological polar surface area (TPSA) is 26.3 Å². The molecule has 102 valence electrons. The molecule has 0 aliphatic heterocycles. The summed E-state index contributed by atoms with van der Waals surface area (Å²) >= 11 is 0. The van der Waals surface area contributed by atoms with Crippen molar-refractivity contribution >= 4 is 5.97 Å². The van der Waals surface area contributed by atoms with E-state index in [0.29, 0.717) is 12.0 Å². The van der Waals surface area contributed by atoms with Gasteiger partial charge >= 0.3 is 5.97 Å². The standard InChI is InChI=1S/C16H26O2/c1-11(10-18-12(2)17)5-8-15-13-6-7-14(9-13)16(15,3)4/h5,13-15H,6-10H2,1-4H3. The second-order valence-electron chi connectivity index (χ2n) is 6.76. The fourth-order valence-corrected chi connectivity index (χ4v) is 4.07. The van der Waals surface area contributed by atoms with E-state index in [4.69, 9.17) is 4.74 Å². The fourth-order valence-electron chi connectivity index (χ4n) is 4.07. The Bertz CT molecular complexity index is 354. The van der Waals surface area contributed by atoms with Crippen LogP contribution in [0.25, 0.3) is 0 Å². The molecule has 2 rings (SSSR count). The van der Waals surface area contributed by atoms with Gasteiger partial charge in [-0.25, -0.2) is 0 Å². The molecule has 2 saturated carbocycles. The number of carbonyl (C=O) groups excluding carboxylic acids is 1. The minimum Gasteiger partial charge on any atom is -0.461 e. The van der Waals surface area contributed by atoms with E-state index in [2.05, 4.69) is 26.8 Å². The Morgan fingerprint density at radius 3 is 2.61 bits per heavy atom. The van der Waals surface area contributed by atoms with E-state index >= 15 is 0 Å². The molecule has 2 bridgehead atoms. The largest absolute Gasteiger partial charge is 0.461 e. The molecule has 2 nitrogen and oxygen atoms in total. The first-order valence-electron chi connectivity index (χ1n) is 7.20. The van der Waals surface area contributed by atoms with Crippen LogP contribution in [0.15, 0.2) is 11.6 Å². The molecule has 0 heterocycles. The lowest BCUT2D eigenvalue weighted by molar-refractivity contribution is -0.139. The Kier molecular flexibility index (Phi) is 3.84. The SMILES string of the molecule is CC(=O)OCC(C)=CCC1C2CCC(C2)C1(C)C. The normalized spacial score (nSPS) is 33.8. The van der Waals surface area contributed by atoms with Crippen LogP contribution in [0.1, 0.15) is 53.4 Å². The molecule has 2 heteroatoms. The zero-order chi connectivity index (χ0) is 13.3. The average molecular weight is 250 g/mol. The van der Waals surface area contributed by atoms with Crippen LogP contribution < -0.4 is 0 Å². The number of rotatable bonds is 4. The van der Waals surface area contributed by atoms with Crippen molar-refractivity contribution in [2.45, 2.75) is 53.4 Å². The second-order valence-corrected chi connectivity index (χ2v) is 6.76. The monoisotopic (exact) mass is 250 g/mol. The molecular weight excluding hydrogens is 224 g/mol. The predicted molar refractivity (Wildman–Crippen MR) is 73.1 cm³/mol. The third-order valence-corrected chi connectivity index (χ3v) is 5.27.